The average Bonchev–Trinajstić information content (AvgIpc) is 3.99. The quantitative estimate of drug-likeness (QED) is 0.154. The van der Waals surface area contributed by atoms with Crippen molar-refractivity contribution in [2.45, 2.75) is 0 Å². The average molecular weight is 760 g/mol. The Morgan fingerprint density at radius 3 is 1.21 bits per heavy atom. The smallest absolute Gasteiger partial charge is 0.0535 e. The Bertz CT molecular complexity index is 3460. The minimum Gasteiger partial charge on any atom is -0.309 e. The molecule has 0 aliphatic heterocycles. The van der Waals surface area contributed by atoms with Crippen molar-refractivity contribution in [3.05, 3.63) is 200 Å². The van der Waals surface area contributed by atoms with Crippen LogP contribution in [0.4, 0.5) is 0 Å². The molecule has 0 aliphatic carbocycles. The summed E-state index contributed by atoms with van der Waals surface area (Å²) < 4.78 is 7.73. The number of thiophene rings is 2. The summed E-state index contributed by atoms with van der Waals surface area (Å²) in [5.74, 6) is 0. The molecule has 57 heavy (non-hydrogen) atoms. The topological polar surface area (TPSA) is 4.93 Å². The first-order valence-electron chi connectivity index (χ1n) is 19.4. The van der Waals surface area contributed by atoms with Gasteiger partial charge in [0, 0.05) is 46.0 Å². The van der Waals surface area contributed by atoms with Crippen LogP contribution in [0, 0.1) is 0 Å². The Kier molecular flexibility index (Phi) is 7.34. The molecule has 0 radical (unpaired) electrons. The zero-order valence-electron chi connectivity index (χ0n) is 30.8. The first-order valence-corrected chi connectivity index (χ1v) is 21.0. The van der Waals surface area contributed by atoms with Gasteiger partial charge < -0.3 is 4.57 Å². The second-order valence-corrected chi connectivity index (χ2v) is 17.0. The van der Waals surface area contributed by atoms with Gasteiger partial charge in [0.2, 0.25) is 0 Å². The fourth-order valence-corrected chi connectivity index (χ4v) is 11.2. The van der Waals surface area contributed by atoms with E-state index in [2.05, 4.69) is 205 Å². The van der Waals surface area contributed by atoms with Gasteiger partial charge in [0.05, 0.1) is 11.4 Å². The maximum absolute atomic E-state index is 2.45. The van der Waals surface area contributed by atoms with E-state index in [1.54, 1.807) is 0 Å². The molecule has 0 saturated carbocycles. The number of fused-ring (bicyclic) bond motifs is 8. The predicted octanol–water partition coefficient (Wildman–Crippen LogP) is 16.2. The molecule has 0 unspecified atom stereocenters. The van der Waals surface area contributed by atoms with Gasteiger partial charge in [-0.1, -0.05) is 140 Å². The largest absolute Gasteiger partial charge is 0.309 e. The van der Waals surface area contributed by atoms with Gasteiger partial charge in [-0.05, 0) is 116 Å². The van der Waals surface area contributed by atoms with Crippen molar-refractivity contribution < 1.29 is 0 Å². The van der Waals surface area contributed by atoms with Crippen LogP contribution in [0.15, 0.2) is 200 Å². The summed E-state index contributed by atoms with van der Waals surface area (Å²) >= 11 is 3.74. The van der Waals surface area contributed by atoms with Gasteiger partial charge in [-0.25, -0.2) is 0 Å². The molecule has 1 nitrogen and oxygen atoms in total. The Morgan fingerprint density at radius 1 is 0.263 bits per heavy atom. The van der Waals surface area contributed by atoms with E-state index in [-0.39, 0.29) is 0 Å². The lowest BCUT2D eigenvalue weighted by Gasteiger charge is -2.20. The number of nitrogens with zero attached hydrogens (tertiary/aromatic N) is 1. The summed E-state index contributed by atoms with van der Waals surface area (Å²) in [5.41, 5.74) is 10.8. The molecule has 0 saturated heterocycles. The molecule has 3 heteroatoms. The minimum absolute atomic E-state index is 1.13. The second kappa shape index (κ2) is 12.9. The number of hydrogen-bond donors (Lipinski definition) is 0. The lowest BCUT2D eigenvalue weighted by atomic mass is 9.85. The van der Waals surface area contributed by atoms with Gasteiger partial charge >= 0.3 is 0 Å². The van der Waals surface area contributed by atoms with Gasteiger partial charge in [-0.15, -0.1) is 22.7 Å². The fourth-order valence-electron chi connectivity index (χ4n) is 9.07. The highest BCUT2D eigenvalue weighted by molar-refractivity contribution is 7.26. The molecule has 0 amide bonds. The monoisotopic (exact) mass is 759 g/mol. The van der Waals surface area contributed by atoms with Crippen LogP contribution < -0.4 is 0 Å². The third-order valence-electron chi connectivity index (χ3n) is 11.6. The van der Waals surface area contributed by atoms with Crippen LogP contribution in [-0.2, 0) is 0 Å². The van der Waals surface area contributed by atoms with Crippen molar-refractivity contribution in [2.75, 3.05) is 0 Å². The summed E-state index contributed by atoms with van der Waals surface area (Å²) in [6.07, 6.45) is 0. The highest BCUT2D eigenvalue weighted by atomic mass is 32.1. The molecule has 0 atom stereocenters. The zero-order valence-corrected chi connectivity index (χ0v) is 32.4. The normalized spacial score (nSPS) is 11.9. The first-order chi connectivity index (χ1) is 28.3. The lowest BCUT2D eigenvalue weighted by Crippen LogP contribution is -2.00. The van der Waals surface area contributed by atoms with Crippen molar-refractivity contribution in [1.82, 2.24) is 4.57 Å². The number of benzene rings is 9. The molecule has 3 aromatic heterocycles. The molecular weight excluding hydrogens is 727 g/mol. The van der Waals surface area contributed by atoms with E-state index in [1.165, 1.54) is 95.3 Å². The van der Waals surface area contributed by atoms with Crippen LogP contribution in [0.3, 0.4) is 0 Å². The van der Waals surface area contributed by atoms with E-state index in [1.807, 2.05) is 22.7 Å². The molecule has 3 heterocycles. The van der Waals surface area contributed by atoms with Crippen molar-refractivity contribution in [1.29, 1.82) is 0 Å². The van der Waals surface area contributed by atoms with Gasteiger partial charge in [0.25, 0.3) is 0 Å². The summed E-state index contributed by atoms with van der Waals surface area (Å²) in [6.45, 7) is 0. The number of aromatic nitrogens is 1. The van der Waals surface area contributed by atoms with E-state index in [0.29, 0.717) is 0 Å². The van der Waals surface area contributed by atoms with Gasteiger partial charge in [0.1, 0.15) is 0 Å². The highest BCUT2D eigenvalue weighted by Gasteiger charge is 2.21. The fraction of sp³-hybridized carbons (Fsp3) is 0. The van der Waals surface area contributed by atoms with Crippen molar-refractivity contribution in [3.63, 3.8) is 0 Å². The van der Waals surface area contributed by atoms with Crippen LogP contribution >= 0.6 is 22.7 Å². The van der Waals surface area contributed by atoms with Crippen molar-refractivity contribution >= 4 is 84.6 Å². The Labute approximate surface area is 338 Å². The van der Waals surface area contributed by atoms with E-state index in [0.717, 1.165) is 17.1 Å². The van der Waals surface area contributed by atoms with E-state index in [4.69, 9.17) is 0 Å². The molecule has 0 N–H and O–H groups in total. The summed E-state index contributed by atoms with van der Waals surface area (Å²) in [7, 11) is 0. The van der Waals surface area contributed by atoms with Crippen LogP contribution in [0.1, 0.15) is 0 Å². The van der Waals surface area contributed by atoms with Crippen LogP contribution in [0.25, 0.3) is 112 Å². The highest BCUT2D eigenvalue weighted by Crippen LogP contribution is 2.48. The predicted molar refractivity (Wildman–Crippen MR) is 248 cm³/mol. The molecule has 266 valence electrons. The maximum Gasteiger partial charge on any atom is 0.0535 e. The van der Waals surface area contributed by atoms with Gasteiger partial charge in [-0.3, -0.25) is 0 Å². The summed E-state index contributed by atoms with van der Waals surface area (Å²) in [5, 5.41) is 10.3. The standard InChI is InChI=1S/C54H33NS2/c1-3-13-34(14-4-1)47-27-28-48(35-15-5-2-6-16-35)55(47)38-25-26-43-46(33-38)54(37-24-30-52-45(32-37)40-18-10-12-22-50(40)57-52)42-20-8-7-19-41(42)53(43)36-23-29-51-44(31-36)39-17-9-11-21-49(39)56-51/h1-33H. The number of hydrogen-bond acceptors (Lipinski definition) is 2. The molecule has 9 aromatic carbocycles. The third kappa shape index (κ3) is 5.13. The summed E-state index contributed by atoms with van der Waals surface area (Å²) in [6, 6.07) is 74.1. The molecule has 0 spiro atoms. The minimum atomic E-state index is 1.13. The van der Waals surface area contributed by atoms with Crippen molar-refractivity contribution in [2.24, 2.45) is 0 Å². The molecule has 0 bridgehead atoms. The Balaban J connectivity index is 1.20. The molecule has 0 aliphatic rings. The van der Waals surface area contributed by atoms with Crippen LogP contribution in [0.5, 0.6) is 0 Å². The maximum atomic E-state index is 2.45. The van der Waals surface area contributed by atoms with Gasteiger partial charge in [0.15, 0.2) is 0 Å². The molecule has 12 rings (SSSR count). The van der Waals surface area contributed by atoms with E-state index < -0.39 is 0 Å². The van der Waals surface area contributed by atoms with Crippen molar-refractivity contribution in [3.8, 4) is 50.5 Å². The van der Waals surface area contributed by atoms with E-state index in [9.17, 15) is 0 Å². The van der Waals surface area contributed by atoms with Crippen LogP contribution in [-0.4, -0.2) is 4.57 Å². The Morgan fingerprint density at radius 2 is 0.684 bits per heavy atom. The molecule has 0 fully saturated rings. The first kappa shape index (κ1) is 32.5. The van der Waals surface area contributed by atoms with E-state index >= 15 is 0 Å². The summed E-state index contributed by atoms with van der Waals surface area (Å²) in [4.78, 5) is 0. The lowest BCUT2D eigenvalue weighted by molar-refractivity contribution is 1.10. The zero-order chi connectivity index (χ0) is 37.5. The molecule has 12 aromatic rings. The third-order valence-corrected chi connectivity index (χ3v) is 13.9. The Hall–Kier alpha value is -6.78. The van der Waals surface area contributed by atoms with Crippen LogP contribution in [0.2, 0.25) is 0 Å². The second-order valence-electron chi connectivity index (χ2n) is 14.8. The SMILES string of the molecule is c1ccc(-c2ccc(-c3ccccc3)n2-c2ccc3c(-c4ccc5sc6ccccc6c5c4)c4ccccc4c(-c4ccc5sc6ccccc6c5c4)c3c2)cc1. The van der Waals surface area contributed by atoms with Gasteiger partial charge in [-0.2, -0.15) is 0 Å². The molecular formula is C54H33NS2. The number of rotatable bonds is 5.